The second-order valence-electron chi connectivity index (χ2n) is 6.18. The highest BCUT2D eigenvalue weighted by Crippen LogP contribution is 2.18. The van der Waals surface area contributed by atoms with Crippen molar-refractivity contribution in [2.75, 3.05) is 13.1 Å². The van der Waals surface area contributed by atoms with E-state index in [-0.39, 0.29) is 5.91 Å². The molecule has 0 atom stereocenters. The third-order valence-electron chi connectivity index (χ3n) is 4.03. The lowest BCUT2D eigenvalue weighted by atomic mass is 10.2. The number of carbonyl (C=O) groups is 2. The minimum atomic E-state index is -0.822. The number of carboxylic acids is 1. The molecular weight excluding hydrogens is 407 g/mol. The summed E-state index contributed by atoms with van der Waals surface area (Å²) in [6.45, 7) is 3.68. The number of pyridine rings is 1. The van der Waals surface area contributed by atoms with Crippen molar-refractivity contribution in [1.29, 1.82) is 0 Å². The van der Waals surface area contributed by atoms with Crippen molar-refractivity contribution in [2.45, 2.75) is 39.0 Å². The Hall–Kier alpha value is -1.63. The number of aromatic carboxylic acids is 1. The smallest absolute Gasteiger partial charge is 0.345 e. The summed E-state index contributed by atoms with van der Waals surface area (Å²) in [5.74, 6) is -0.580. The Morgan fingerprint density at radius 1 is 1.26 bits per heavy atom. The normalized spacial score (nSPS) is 13.4. The fourth-order valence-corrected chi connectivity index (χ4v) is 4.19. The largest absolute Gasteiger partial charge is 0.477 e. The molecule has 1 aliphatic rings. The molecule has 1 saturated heterocycles. The van der Waals surface area contributed by atoms with Gasteiger partial charge in [0.05, 0.1) is 0 Å². The molecule has 2 aromatic heterocycles. The summed E-state index contributed by atoms with van der Waals surface area (Å²) in [4.78, 5) is 29.2. The van der Waals surface area contributed by atoms with Gasteiger partial charge in [0, 0.05) is 24.4 Å². The first-order chi connectivity index (χ1) is 12.9. The number of nitrogens with zero attached hydrogens (tertiary/aromatic N) is 2. The highest BCUT2D eigenvalue weighted by atomic mass is 35.5. The molecule has 0 spiro atoms. The summed E-state index contributed by atoms with van der Waals surface area (Å²) >= 11 is 13.0. The van der Waals surface area contributed by atoms with Crippen LogP contribution in [0.1, 0.15) is 46.3 Å². The van der Waals surface area contributed by atoms with Crippen LogP contribution in [0.3, 0.4) is 0 Å². The van der Waals surface area contributed by atoms with Gasteiger partial charge in [-0.3, -0.25) is 4.79 Å². The number of thiophene rings is 1. The molecule has 0 saturated carbocycles. The van der Waals surface area contributed by atoms with Crippen LogP contribution in [0.15, 0.2) is 24.3 Å². The zero-order valence-electron chi connectivity index (χ0n) is 15.1. The molecular formula is C19H22Cl2N2O3S. The number of aryl methyl sites for hydroxylation is 1. The highest BCUT2D eigenvalue weighted by molar-refractivity contribution is 7.13. The molecule has 3 heterocycles. The maximum atomic E-state index is 11.4. The third-order valence-corrected chi connectivity index (χ3v) is 5.55. The van der Waals surface area contributed by atoms with Crippen LogP contribution in [-0.2, 0) is 17.6 Å². The van der Waals surface area contributed by atoms with Gasteiger partial charge in [-0.05, 0) is 49.1 Å². The van der Waals surface area contributed by atoms with E-state index in [2.05, 4.69) is 11.9 Å². The average Bonchev–Trinajstić information content (AvgIpc) is 3.22. The second-order valence-corrected chi connectivity index (χ2v) is 8.12. The van der Waals surface area contributed by atoms with Gasteiger partial charge in [-0.2, -0.15) is 0 Å². The Morgan fingerprint density at radius 2 is 1.96 bits per heavy atom. The lowest BCUT2D eigenvalue weighted by Gasteiger charge is -2.15. The van der Waals surface area contributed by atoms with Gasteiger partial charge < -0.3 is 10.0 Å². The predicted octanol–water partition coefficient (Wildman–Crippen LogP) is 4.95. The van der Waals surface area contributed by atoms with Crippen molar-refractivity contribution in [3.63, 3.8) is 0 Å². The number of carbonyl (C=O) groups excluding carboxylic acids is 1. The van der Waals surface area contributed by atoms with Gasteiger partial charge in [-0.15, -0.1) is 11.3 Å². The van der Waals surface area contributed by atoms with Crippen LogP contribution < -0.4 is 0 Å². The molecule has 1 aliphatic heterocycles. The van der Waals surface area contributed by atoms with Crippen molar-refractivity contribution in [2.24, 2.45) is 0 Å². The molecule has 3 rings (SSSR count). The number of hydrogen-bond acceptors (Lipinski definition) is 4. The van der Waals surface area contributed by atoms with Crippen LogP contribution in [0.4, 0.5) is 0 Å². The fourth-order valence-electron chi connectivity index (χ4n) is 2.74. The van der Waals surface area contributed by atoms with Crippen LogP contribution in [-0.4, -0.2) is 40.0 Å². The number of amides is 1. The summed E-state index contributed by atoms with van der Waals surface area (Å²) < 4.78 is 0. The molecule has 146 valence electrons. The minimum absolute atomic E-state index is 0.242. The zero-order chi connectivity index (χ0) is 19.8. The Balaban J connectivity index is 0.000000208. The first-order valence-electron chi connectivity index (χ1n) is 8.80. The summed E-state index contributed by atoms with van der Waals surface area (Å²) in [7, 11) is 0. The van der Waals surface area contributed by atoms with E-state index in [1.807, 2.05) is 11.0 Å². The van der Waals surface area contributed by atoms with Gasteiger partial charge in [0.1, 0.15) is 15.2 Å². The minimum Gasteiger partial charge on any atom is -0.477 e. The maximum absolute atomic E-state index is 11.4. The molecule has 0 aliphatic carbocycles. The van der Waals surface area contributed by atoms with Crippen LogP contribution in [0, 0.1) is 0 Å². The summed E-state index contributed by atoms with van der Waals surface area (Å²) in [6.07, 6.45) is 4.47. The number of likely N-dealkylation sites (tertiary alicyclic amines) is 1. The van der Waals surface area contributed by atoms with E-state index in [1.165, 1.54) is 11.3 Å². The van der Waals surface area contributed by atoms with Crippen molar-refractivity contribution >= 4 is 46.4 Å². The molecule has 0 bridgehead atoms. The number of rotatable bonds is 6. The van der Waals surface area contributed by atoms with Gasteiger partial charge in [-0.1, -0.05) is 36.5 Å². The second kappa shape index (κ2) is 10.6. The maximum Gasteiger partial charge on any atom is 0.345 e. The number of hydrogen-bond donors (Lipinski definition) is 1. The standard InChI is InChI=1S/C11H12Cl2N2O.C8H10O2S/c12-9-6-8(7-10(13)14-9)3-5-15-4-1-2-11(15)16;1-2-3-6-4-5-7(11-6)8(9)10/h6-7H,1-5H2;4-5H,2-3H2,1H3,(H,9,10). The monoisotopic (exact) mass is 428 g/mol. The first-order valence-corrected chi connectivity index (χ1v) is 10.4. The topological polar surface area (TPSA) is 70.5 Å². The molecule has 1 fully saturated rings. The molecule has 1 N–H and O–H groups in total. The van der Waals surface area contributed by atoms with Crippen LogP contribution in [0.25, 0.3) is 0 Å². The quantitative estimate of drug-likeness (QED) is 0.660. The number of carboxylic acid groups (broad SMARTS) is 1. The van der Waals surface area contributed by atoms with Gasteiger partial charge in [0.25, 0.3) is 0 Å². The summed E-state index contributed by atoms with van der Waals surface area (Å²) in [5.41, 5.74) is 1.02. The number of halogens is 2. The molecule has 27 heavy (non-hydrogen) atoms. The Bertz CT molecular complexity index is 775. The summed E-state index contributed by atoms with van der Waals surface area (Å²) in [5, 5.41) is 9.37. The van der Waals surface area contributed by atoms with Crippen LogP contribution >= 0.6 is 34.5 Å². The van der Waals surface area contributed by atoms with Crippen LogP contribution in [0.5, 0.6) is 0 Å². The average molecular weight is 429 g/mol. The molecule has 1 amide bonds. The van der Waals surface area contributed by atoms with Gasteiger partial charge in [0.15, 0.2) is 0 Å². The lowest BCUT2D eigenvalue weighted by molar-refractivity contribution is -0.127. The Labute approximate surface area is 172 Å². The van der Waals surface area contributed by atoms with E-state index >= 15 is 0 Å². The van der Waals surface area contributed by atoms with Gasteiger partial charge in [-0.25, -0.2) is 9.78 Å². The van der Waals surface area contributed by atoms with E-state index in [0.29, 0.717) is 21.6 Å². The Morgan fingerprint density at radius 3 is 2.48 bits per heavy atom. The van der Waals surface area contributed by atoms with Gasteiger partial charge >= 0.3 is 5.97 Å². The first kappa shape index (κ1) is 21.7. The van der Waals surface area contributed by atoms with E-state index in [4.69, 9.17) is 28.3 Å². The fraction of sp³-hybridized carbons (Fsp3) is 0.421. The van der Waals surface area contributed by atoms with Gasteiger partial charge in [0.2, 0.25) is 5.91 Å². The van der Waals surface area contributed by atoms with Crippen molar-refractivity contribution in [3.05, 3.63) is 49.9 Å². The molecule has 5 nitrogen and oxygen atoms in total. The molecule has 0 unspecified atom stereocenters. The SMILES string of the molecule is CCCc1ccc(C(=O)O)s1.O=C1CCCN1CCc1cc(Cl)nc(Cl)c1. The predicted molar refractivity (Wildman–Crippen MR) is 109 cm³/mol. The van der Waals surface area contributed by atoms with E-state index in [1.54, 1.807) is 18.2 Å². The molecule has 2 aromatic rings. The zero-order valence-corrected chi connectivity index (χ0v) is 17.4. The highest BCUT2D eigenvalue weighted by Gasteiger charge is 2.19. The van der Waals surface area contributed by atoms with Crippen LogP contribution in [0.2, 0.25) is 10.3 Å². The number of aromatic nitrogens is 1. The molecule has 8 heteroatoms. The van der Waals surface area contributed by atoms with E-state index in [9.17, 15) is 9.59 Å². The van der Waals surface area contributed by atoms with Crippen molar-refractivity contribution in [3.8, 4) is 0 Å². The van der Waals surface area contributed by atoms with Crippen molar-refractivity contribution < 1.29 is 14.7 Å². The van der Waals surface area contributed by atoms with E-state index in [0.717, 1.165) is 49.2 Å². The van der Waals surface area contributed by atoms with E-state index < -0.39 is 5.97 Å². The third kappa shape index (κ3) is 7.13. The summed E-state index contributed by atoms with van der Waals surface area (Å²) in [6, 6.07) is 7.12. The van der Waals surface area contributed by atoms with Crippen molar-refractivity contribution in [1.82, 2.24) is 9.88 Å². The molecule has 0 radical (unpaired) electrons. The lowest BCUT2D eigenvalue weighted by Crippen LogP contribution is -2.26. The Kier molecular flexibility index (Phi) is 8.54. The molecule has 0 aromatic carbocycles.